The number of Topliss-reactive ketones (excluding diaryl/α,β-unsaturated/α-hetero) is 1. The van der Waals surface area contributed by atoms with E-state index in [0.29, 0.717) is 0 Å². The lowest BCUT2D eigenvalue weighted by Crippen LogP contribution is -2.43. The topological polar surface area (TPSA) is 99.1 Å². The number of benzene rings is 1. The molecule has 0 saturated heterocycles. The molecule has 0 spiro atoms. The molecule has 7 nitrogen and oxygen atoms in total. The molecular formula is C16H20N4O3. The summed E-state index contributed by atoms with van der Waals surface area (Å²) in [6.07, 6.45) is 0. The monoisotopic (exact) mass is 316 g/mol. The van der Waals surface area contributed by atoms with Crippen molar-refractivity contribution in [3.05, 3.63) is 56.2 Å². The van der Waals surface area contributed by atoms with Crippen LogP contribution in [-0.4, -0.2) is 21.0 Å². The minimum absolute atomic E-state index is 0.124. The van der Waals surface area contributed by atoms with Gasteiger partial charge in [0.1, 0.15) is 11.4 Å². The number of carbonyl (C=O) groups excluding carboxylic acids is 1. The molecule has 1 unspecified atom stereocenters. The zero-order valence-electron chi connectivity index (χ0n) is 13.6. The van der Waals surface area contributed by atoms with E-state index < -0.39 is 23.1 Å². The first-order chi connectivity index (χ1) is 10.7. The maximum Gasteiger partial charge on any atom is 0.332 e. The lowest BCUT2D eigenvalue weighted by molar-refractivity contribution is 0.0973. The van der Waals surface area contributed by atoms with Crippen molar-refractivity contribution in [3.63, 3.8) is 0 Å². The number of aromatic nitrogens is 2. The molecule has 0 radical (unpaired) electrons. The zero-order chi connectivity index (χ0) is 17.3. The number of aryl methyl sites for hydroxylation is 1. The van der Waals surface area contributed by atoms with Gasteiger partial charge in [0.15, 0.2) is 5.78 Å². The molecule has 2 aromatic rings. The van der Waals surface area contributed by atoms with Crippen molar-refractivity contribution >= 4 is 17.3 Å². The molecule has 0 amide bonds. The van der Waals surface area contributed by atoms with Gasteiger partial charge < -0.3 is 11.1 Å². The van der Waals surface area contributed by atoms with E-state index >= 15 is 0 Å². The van der Waals surface area contributed by atoms with E-state index in [4.69, 9.17) is 5.73 Å². The second kappa shape index (κ2) is 6.12. The average molecular weight is 316 g/mol. The quantitative estimate of drug-likeness (QED) is 0.807. The largest absolute Gasteiger partial charge is 0.384 e. The number of nitrogens with two attached hydrogens (primary N) is 1. The second-order valence-electron chi connectivity index (χ2n) is 5.57. The molecule has 1 aromatic heterocycles. The third-order valence-corrected chi connectivity index (χ3v) is 3.75. The van der Waals surface area contributed by atoms with Crippen molar-refractivity contribution in [2.45, 2.75) is 19.9 Å². The second-order valence-corrected chi connectivity index (χ2v) is 5.57. The van der Waals surface area contributed by atoms with Gasteiger partial charge in [-0.25, -0.2) is 4.79 Å². The SMILES string of the molecule is Cc1cccc(NC(C)C(=O)c2c(N)n(C)c(=O)n(C)c2=O)c1. The van der Waals surface area contributed by atoms with Gasteiger partial charge in [-0.2, -0.15) is 0 Å². The van der Waals surface area contributed by atoms with E-state index in [1.54, 1.807) is 6.92 Å². The van der Waals surface area contributed by atoms with Crippen LogP contribution in [0.1, 0.15) is 22.8 Å². The summed E-state index contributed by atoms with van der Waals surface area (Å²) in [4.78, 5) is 36.7. The Balaban J connectivity index is 2.41. The van der Waals surface area contributed by atoms with Gasteiger partial charge in [-0.1, -0.05) is 12.1 Å². The van der Waals surface area contributed by atoms with Crippen LogP contribution in [0.2, 0.25) is 0 Å². The van der Waals surface area contributed by atoms with E-state index in [0.717, 1.165) is 20.4 Å². The number of hydrogen-bond acceptors (Lipinski definition) is 5. The molecule has 1 atom stereocenters. The first-order valence-electron chi connectivity index (χ1n) is 7.17. The lowest BCUT2D eigenvalue weighted by Gasteiger charge is -2.17. The molecule has 0 aliphatic carbocycles. The van der Waals surface area contributed by atoms with E-state index in [1.165, 1.54) is 14.1 Å². The number of rotatable bonds is 4. The maximum atomic E-state index is 12.6. The van der Waals surface area contributed by atoms with Crippen molar-refractivity contribution in [2.75, 3.05) is 11.1 Å². The Morgan fingerprint density at radius 1 is 1.22 bits per heavy atom. The Hall–Kier alpha value is -2.83. The highest BCUT2D eigenvalue weighted by molar-refractivity contribution is 6.04. The van der Waals surface area contributed by atoms with Crippen LogP contribution in [0.5, 0.6) is 0 Å². The molecule has 0 saturated carbocycles. The van der Waals surface area contributed by atoms with Crippen LogP contribution in [0, 0.1) is 6.92 Å². The van der Waals surface area contributed by atoms with Crippen molar-refractivity contribution < 1.29 is 4.79 Å². The van der Waals surface area contributed by atoms with Gasteiger partial charge in [-0.15, -0.1) is 0 Å². The number of ketones is 1. The predicted octanol–water partition coefficient (Wildman–Crippen LogP) is 0.658. The fourth-order valence-electron chi connectivity index (χ4n) is 2.36. The van der Waals surface area contributed by atoms with Gasteiger partial charge in [-0.3, -0.25) is 18.7 Å². The molecule has 0 aliphatic rings. The summed E-state index contributed by atoms with van der Waals surface area (Å²) in [5, 5.41) is 3.05. The summed E-state index contributed by atoms with van der Waals surface area (Å²) in [5.74, 6) is -0.582. The van der Waals surface area contributed by atoms with E-state index in [-0.39, 0.29) is 11.4 Å². The minimum Gasteiger partial charge on any atom is -0.384 e. The first-order valence-corrected chi connectivity index (χ1v) is 7.17. The Labute approximate surface area is 133 Å². The third-order valence-electron chi connectivity index (χ3n) is 3.75. The van der Waals surface area contributed by atoms with E-state index in [2.05, 4.69) is 5.32 Å². The van der Waals surface area contributed by atoms with Crippen LogP contribution in [0.15, 0.2) is 33.9 Å². The summed E-state index contributed by atoms with van der Waals surface area (Å²) in [5.41, 5.74) is 6.20. The normalized spacial score (nSPS) is 12.0. The standard InChI is InChI=1S/C16H20N4O3/c1-9-6-5-7-11(8-9)18-10(2)13(21)12-14(17)19(3)16(23)20(4)15(12)22/h5-8,10,18H,17H2,1-4H3. The van der Waals surface area contributed by atoms with E-state index in [1.807, 2.05) is 31.2 Å². The van der Waals surface area contributed by atoms with Gasteiger partial charge in [0.2, 0.25) is 0 Å². The fourth-order valence-corrected chi connectivity index (χ4v) is 2.36. The molecule has 2 rings (SSSR count). The fraction of sp³-hybridized carbons (Fsp3) is 0.312. The van der Waals surface area contributed by atoms with Gasteiger partial charge in [0.25, 0.3) is 5.56 Å². The van der Waals surface area contributed by atoms with Gasteiger partial charge in [-0.05, 0) is 31.5 Å². The van der Waals surface area contributed by atoms with Crippen molar-refractivity contribution in [1.82, 2.24) is 9.13 Å². The van der Waals surface area contributed by atoms with Crippen molar-refractivity contribution in [1.29, 1.82) is 0 Å². The smallest absolute Gasteiger partial charge is 0.332 e. The highest BCUT2D eigenvalue weighted by Gasteiger charge is 2.24. The van der Waals surface area contributed by atoms with Gasteiger partial charge in [0.05, 0.1) is 6.04 Å². The first kappa shape index (κ1) is 16.5. The molecule has 0 bridgehead atoms. The number of hydrogen-bond donors (Lipinski definition) is 2. The summed E-state index contributed by atoms with van der Waals surface area (Å²) in [6.45, 7) is 3.59. The van der Waals surface area contributed by atoms with Crippen molar-refractivity contribution in [3.8, 4) is 0 Å². The van der Waals surface area contributed by atoms with Gasteiger partial charge >= 0.3 is 5.69 Å². The molecule has 3 N–H and O–H groups in total. The third kappa shape index (κ3) is 3.03. The van der Waals surface area contributed by atoms with Crippen LogP contribution in [0.4, 0.5) is 11.5 Å². The van der Waals surface area contributed by atoms with Gasteiger partial charge in [0, 0.05) is 19.8 Å². The number of nitrogen functional groups attached to an aromatic ring is 1. The minimum atomic E-state index is -0.687. The number of nitrogens with one attached hydrogen (secondary N) is 1. The molecule has 1 aromatic carbocycles. The van der Waals surface area contributed by atoms with Crippen LogP contribution in [-0.2, 0) is 14.1 Å². The Morgan fingerprint density at radius 2 is 1.87 bits per heavy atom. The Kier molecular flexibility index (Phi) is 4.40. The summed E-state index contributed by atoms with van der Waals surface area (Å²) in [7, 11) is 2.74. The molecule has 7 heteroatoms. The van der Waals surface area contributed by atoms with Crippen LogP contribution in [0.3, 0.4) is 0 Å². The van der Waals surface area contributed by atoms with Crippen molar-refractivity contribution in [2.24, 2.45) is 14.1 Å². The Morgan fingerprint density at radius 3 is 2.48 bits per heavy atom. The van der Waals surface area contributed by atoms with E-state index in [9.17, 15) is 14.4 Å². The summed E-state index contributed by atoms with van der Waals surface area (Å²) in [6, 6.07) is 6.88. The molecule has 0 aliphatic heterocycles. The number of anilines is 2. The Bertz CT molecular complexity index is 880. The average Bonchev–Trinajstić information content (AvgIpc) is 2.51. The molecule has 0 fully saturated rings. The molecular weight excluding hydrogens is 296 g/mol. The number of carbonyl (C=O) groups is 1. The predicted molar refractivity (Wildman–Crippen MR) is 89.9 cm³/mol. The lowest BCUT2D eigenvalue weighted by atomic mass is 10.1. The maximum absolute atomic E-state index is 12.6. The van der Waals surface area contributed by atoms with Crippen LogP contribution in [0.25, 0.3) is 0 Å². The highest BCUT2D eigenvalue weighted by Crippen LogP contribution is 2.14. The summed E-state index contributed by atoms with van der Waals surface area (Å²) < 4.78 is 1.97. The molecule has 122 valence electrons. The highest BCUT2D eigenvalue weighted by atomic mass is 16.2. The summed E-state index contributed by atoms with van der Waals surface area (Å²) >= 11 is 0. The molecule has 1 heterocycles. The van der Waals surface area contributed by atoms with Crippen LogP contribution < -0.4 is 22.3 Å². The zero-order valence-corrected chi connectivity index (χ0v) is 13.6. The van der Waals surface area contributed by atoms with Crippen LogP contribution >= 0.6 is 0 Å². The molecule has 23 heavy (non-hydrogen) atoms. The number of nitrogens with zero attached hydrogens (tertiary/aromatic N) is 2.